The van der Waals surface area contributed by atoms with Crippen molar-refractivity contribution in [3.63, 3.8) is 0 Å². The minimum Gasteiger partial charge on any atom is -0.822 e. The summed E-state index contributed by atoms with van der Waals surface area (Å²) < 4.78 is 25.6. The fourth-order valence-corrected chi connectivity index (χ4v) is 0. The van der Waals surface area contributed by atoms with Gasteiger partial charge in [0.25, 0.3) is 0 Å². The fraction of sp³-hybridized carbons (Fsp3) is 0. The summed E-state index contributed by atoms with van der Waals surface area (Å²) in [6.07, 6.45) is 0. The fourth-order valence-electron chi connectivity index (χ4n) is 0. The zero-order chi connectivity index (χ0) is 13.5. The SMILES string of the molecule is O=P([O-])([O-])[O-].O=P([O-])([O-])[O-].O=P([O-])([O-])[O-].[Al+3].[B].[Ca+2].[Ca+2].[Ca+2]. The van der Waals surface area contributed by atoms with E-state index in [2.05, 4.69) is 0 Å². The molecule has 20 heavy (non-hydrogen) atoms. The molecule has 0 bridgehead atoms. The predicted molar refractivity (Wildman–Crippen MR) is 51.6 cm³/mol. The summed E-state index contributed by atoms with van der Waals surface area (Å²) >= 11 is 0. The molecule has 99 valence electrons. The summed E-state index contributed by atoms with van der Waals surface area (Å²) in [7, 11) is -16.2. The predicted octanol–water partition coefficient (Wildman–Crippen LogP) is -10.4. The quantitative estimate of drug-likeness (QED) is 0.250. The molecule has 0 atom stereocenters. The van der Waals surface area contributed by atoms with Crippen molar-refractivity contribution in [3.05, 3.63) is 0 Å². The molecule has 0 unspecified atom stereocenters. The molecule has 0 aromatic carbocycles. The molecule has 0 aromatic heterocycles. The summed E-state index contributed by atoms with van der Waals surface area (Å²) in [5, 5.41) is 0. The van der Waals surface area contributed by atoms with E-state index in [0.717, 1.165) is 0 Å². The number of rotatable bonds is 0. The van der Waals surface area contributed by atoms with E-state index in [1.165, 1.54) is 0 Å². The van der Waals surface area contributed by atoms with Gasteiger partial charge >= 0.3 is 131 Å². The summed E-state index contributed by atoms with van der Waals surface area (Å²) in [6, 6.07) is 0. The van der Waals surface area contributed by atoms with Crippen LogP contribution in [0.2, 0.25) is 0 Å². The largest absolute Gasteiger partial charge is 3.00 e. The molecule has 0 amide bonds. The van der Waals surface area contributed by atoms with Crippen molar-refractivity contribution in [1.82, 2.24) is 0 Å². The third-order valence-corrected chi connectivity index (χ3v) is 0. The van der Waals surface area contributed by atoms with Crippen molar-refractivity contribution in [2.24, 2.45) is 0 Å². The van der Waals surface area contributed by atoms with Crippen LogP contribution in [-0.2, 0) is 13.7 Å². The first kappa shape index (κ1) is 49.7. The molecule has 0 aliphatic carbocycles. The van der Waals surface area contributed by atoms with Crippen LogP contribution in [0.1, 0.15) is 0 Å². The van der Waals surface area contributed by atoms with Crippen molar-refractivity contribution >= 4 is 162 Å². The molecule has 20 heteroatoms. The Balaban J connectivity index is -0.0000000160. The molecule has 0 spiro atoms. The monoisotopic (exact) mass is 443 g/mol. The Morgan fingerprint density at radius 2 is 0.450 bits per heavy atom. The van der Waals surface area contributed by atoms with Gasteiger partial charge in [-0.2, -0.15) is 23.5 Å². The van der Waals surface area contributed by atoms with Crippen molar-refractivity contribution in [2.75, 3.05) is 0 Å². The van der Waals surface area contributed by atoms with Gasteiger partial charge in [0, 0.05) is 8.41 Å². The Hall–Kier alpha value is 4.71. The summed E-state index contributed by atoms with van der Waals surface area (Å²) in [5.41, 5.74) is 0. The van der Waals surface area contributed by atoms with E-state index in [0.29, 0.717) is 0 Å². The Morgan fingerprint density at radius 1 is 0.450 bits per heavy atom. The van der Waals surface area contributed by atoms with E-state index < -0.39 is 23.5 Å². The van der Waals surface area contributed by atoms with E-state index in [1.807, 2.05) is 0 Å². The molecule has 0 N–H and O–H groups in total. The van der Waals surface area contributed by atoms with Gasteiger partial charge in [-0.3, -0.25) is 0 Å². The molecule has 12 nitrogen and oxygen atoms in total. The second-order valence-corrected chi connectivity index (χ2v) is 4.02. The van der Waals surface area contributed by atoms with E-state index in [9.17, 15) is 0 Å². The molecule has 0 aliphatic rings. The van der Waals surface area contributed by atoms with Gasteiger partial charge in [0.05, 0.1) is 0 Å². The maximum Gasteiger partial charge on any atom is 3.00 e. The summed E-state index contributed by atoms with van der Waals surface area (Å²) in [6.45, 7) is 0. The van der Waals surface area contributed by atoms with E-state index in [1.54, 1.807) is 0 Å². The van der Waals surface area contributed by atoms with Crippen LogP contribution in [0.25, 0.3) is 0 Å². The smallest absolute Gasteiger partial charge is 0.822 e. The summed E-state index contributed by atoms with van der Waals surface area (Å²) in [5.74, 6) is 0. The molecule has 3 radical (unpaired) electrons. The first-order chi connectivity index (χ1) is 6.00. The molecule has 0 rings (SSSR count). The number of hydrogen-bond donors (Lipinski definition) is 0. The van der Waals surface area contributed by atoms with Crippen LogP contribution in [0.3, 0.4) is 0 Å². The normalized spacial score (nSPS) is 8.85. The third-order valence-electron chi connectivity index (χ3n) is 0. The Labute approximate surface area is 216 Å². The second-order valence-electron chi connectivity index (χ2n) is 1.34. The van der Waals surface area contributed by atoms with Crippen molar-refractivity contribution < 1.29 is 57.7 Å². The maximum absolute atomic E-state index is 8.55. The van der Waals surface area contributed by atoms with Crippen LogP contribution in [0.15, 0.2) is 0 Å². The zero-order valence-corrected chi connectivity index (χ0v) is 20.0. The molecule has 0 fully saturated rings. The van der Waals surface area contributed by atoms with Crippen LogP contribution >= 0.6 is 23.5 Å². The third kappa shape index (κ3) is 483. The maximum atomic E-state index is 8.55. The van der Waals surface area contributed by atoms with Gasteiger partial charge in [-0.1, -0.05) is 0 Å². The first-order valence-corrected chi connectivity index (χ1v) is 6.57. The standard InChI is InChI=1S/Al.B.3Ca.3H3O4P/c;;;;;3*1-5(2,3)4/h;;;;;3*(H3,1,2,3,4)/q+3;;3*+2;;;/p-9. The van der Waals surface area contributed by atoms with Gasteiger partial charge in [-0.15, -0.1) is 0 Å². The van der Waals surface area contributed by atoms with Crippen LogP contribution in [0.4, 0.5) is 0 Å². The Morgan fingerprint density at radius 3 is 0.450 bits per heavy atom. The van der Waals surface area contributed by atoms with Crippen LogP contribution in [0, 0.1) is 0 Å². The molecule has 0 aliphatic heterocycles. The summed E-state index contributed by atoms with van der Waals surface area (Å²) in [4.78, 5) is 76.9. The van der Waals surface area contributed by atoms with Crippen molar-refractivity contribution in [3.8, 4) is 0 Å². The van der Waals surface area contributed by atoms with Gasteiger partial charge in [0.1, 0.15) is 0 Å². The minimum absolute atomic E-state index is 0. The molecule has 0 heterocycles. The van der Waals surface area contributed by atoms with Crippen molar-refractivity contribution in [2.45, 2.75) is 0 Å². The topological polar surface area (TPSA) is 259 Å². The molecule has 0 saturated carbocycles. The Bertz CT molecular complexity index is 220. The average Bonchev–Trinajstić information content (AvgIpc) is 1.41. The van der Waals surface area contributed by atoms with E-state index >= 15 is 0 Å². The van der Waals surface area contributed by atoms with Gasteiger partial charge in [-0.25, -0.2) is 0 Å². The number of hydrogen-bond acceptors (Lipinski definition) is 12. The van der Waals surface area contributed by atoms with Gasteiger partial charge in [0.2, 0.25) is 0 Å². The average molecular weight is 443 g/mol. The zero-order valence-electron chi connectivity index (χ0n) is 9.52. The molecule has 0 aromatic rings. The second kappa shape index (κ2) is 23.7. The van der Waals surface area contributed by atoms with Gasteiger partial charge in [-0.05, 0) is 0 Å². The van der Waals surface area contributed by atoms with E-state index in [4.69, 9.17) is 57.7 Å². The van der Waals surface area contributed by atoms with Crippen LogP contribution in [0.5, 0.6) is 0 Å². The molecular formula is AlBCa3O12P3. The van der Waals surface area contributed by atoms with E-state index in [-0.39, 0.29) is 139 Å². The minimum atomic E-state index is -5.39. The first-order valence-electron chi connectivity index (χ1n) is 2.19. The Kier molecular flexibility index (Phi) is 59.0. The van der Waals surface area contributed by atoms with Gasteiger partial charge < -0.3 is 57.7 Å². The van der Waals surface area contributed by atoms with Crippen molar-refractivity contribution in [1.29, 1.82) is 0 Å². The van der Waals surface area contributed by atoms with Crippen LogP contribution in [-0.4, -0.2) is 139 Å². The van der Waals surface area contributed by atoms with Crippen LogP contribution < -0.4 is 44.0 Å². The van der Waals surface area contributed by atoms with Gasteiger partial charge in [0.15, 0.2) is 0 Å². The number of phosphoric acid groups is 3. The molecule has 0 saturated heterocycles. The molecular weight excluding hydrogens is 443 g/mol.